The number of methoxy groups -OCH3 is 1. The molecule has 1 fully saturated rings. The highest BCUT2D eigenvalue weighted by atomic mass is 32.2. The summed E-state index contributed by atoms with van der Waals surface area (Å²) in [6, 6.07) is 4.23. The summed E-state index contributed by atoms with van der Waals surface area (Å²) in [6.45, 7) is 0.396. The van der Waals surface area contributed by atoms with E-state index in [0.717, 1.165) is 12.8 Å². The van der Waals surface area contributed by atoms with E-state index < -0.39 is 16.0 Å². The van der Waals surface area contributed by atoms with Crippen molar-refractivity contribution < 1.29 is 27.9 Å². The lowest BCUT2D eigenvalue weighted by Gasteiger charge is -2.12. The van der Waals surface area contributed by atoms with E-state index in [1.165, 1.54) is 25.3 Å². The van der Waals surface area contributed by atoms with E-state index in [0.29, 0.717) is 25.8 Å². The van der Waals surface area contributed by atoms with Gasteiger partial charge in [0, 0.05) is 24.6 Å². The Morgan fingerprint density at radius 3 is 2.58 bits per heavy atom. The molecule has 0 saturated heterocycles. The monoisotopic (exact) mass is 384 g/mol. The highest BCUT2D eigenvalue weighted by Crippen LogP contribution is 2.28. The first kappa shape index (κ1) is 20.2. The van der Waals surface area contributed by atoms with E-state index in [1.807, 2.05) is 0 Å². The third-order valence-corrected chi connectivity index (χ3v) is 5.51. The summed E-state index contributed by atoms with van der Waals surface area (Å²) < 4.78 is 32.6. The van der Waals surface area contributed by atoms with E-state index >= 15 is 0 Å². The fourth-order valence-corrected chi connectivity index (χ4v) is 3.89. The van der Waals surface area contributed by atoms with Crippen LogP contribution in [0.5, 0.6) is 5.75 Å². The molecule has 2 rings (SSSR count). The van der Waals surface area contributed by atoms with Gasteiger partial charge in [-0.2, -0.15) is 0 Å². The van der Waals surface area contributed by atoms with Gasteiger partial charge < -0.3 is 15.2 Å². The molecular weight excluding hydrogens is 360 g/mol. The highest BCUT2D eigenvalue weighted by molar-refractivity contribution is 7.89. The average molecular weight is 384 g/mol. The zero-order valence-corrected chi connectivity index (χ0v) is 15.5. The van der Waals surface area contributed by atoms with E-state index in [-0.39, 0.29) is 34.6 Å². The van der Waals surface area contributed by atoms with Gasteiger partial charge in [-0.15, -0.1) is 0 Å². The van der Waals surface area contributed by atoms with Crippen LogP contribution < -0.4 is 14.8 Å². The lowest BCUT2D eigenvalue weighted by atomic mass is 10.1. The molecule has 9 heteroatoms. The quantitative estimate of drug-likeness (QED) is 0.497. The molecular formula is C17H24N2O6S. The summed E-state index contributed by atoms with van der Waals surface area (Å²) >= 11 is 0. The van der Waals surface area contributed by atoms with Crippen LogP contribution in [0.1, 0.15) is 48.9 Å². The summed E-state index contributed by atoms with van der Waals surface area (Å²) in [6.07, 6.45) is 3.64. The first-order chi connectivity index (χ1) is 12.3. The smallest absolute Gasteiger partial charge is 0.303 e. The van der Waals surface area contributed by atoms with Crippen LogP contribution in [0.25, 0.3) is 0 Å². The molecule has 0 aliphatic heterocycles. The number of ether oxygens (including phenoxy) is 1. The van der Waals surface area contributed by atoms with Crippen LogP contribution in [0.2, 0.25) is 0 Å². The van der Waals surface area contributed by atoms with Crippen LogP contribution in [0.15, 0.2) is 23.1 Å². The van der Waals surface area contributed by atoms with Crippen LogP contribution in [0.4, 0.5) is 0 Å². The first-order valence-corrected chi connectivity index (χ1v) is 10.0. The first-order valence-electron chi connectivity index (χ1n) is 8.54. The van der Waals surface area contributed by atoms with Crippen LogP contribution >= 0.6 is 0 Å². The summed E-state index contributed by atoms with van der Waals surface area (Å²) in [4.78, 5) is 22.6. The molecule has 1 saturated carbocycles. The molecule has 0 spiro atoms. The van der Waals surface area contributed by atoms with Crippen molar-refractivity contribution in [2.24, 2.45) is 0 Å². The molecule has 0 heterocycles. The zero-order valence-electron chi connectivity index (χ0n) is 14.7. The van der Waals surface area contributed by atoms with Gasteiger partial charge in [-0.05, 0) is 43.9 Å². The number of benzene rings is 1. The number of carboxylic acids is 1. The number of unbranched alkanes of at least 4 members (excludes halogenated alkanes) is 2. The topological polar surface area (TPSA) is 122 Å². The van der Waals surface area contributed by atoms with Crippen LogP contribution in [-0.4, -0.2) is 45.1 Å². The van der Waals surface area contributed by atoms with Crippen LogP contribution in [0, 0.1) is 0 Å². The largest absolute Gasteiger partial charge is 0.495 e. The second-order valence-electron chi connectivity index (χ2n) is 6.22. The van der Waals surface area contributed by atoms with Crippen molar-refractivity contribution in [1.29, 1.82) is 0 Å². The van der Waals surface area contributed by atoms with Gasteiger partial charge in [0.1, 0.15) is 10.6 Å². The molecule has 0 unspecified atom stereocenters. The minimum absolute atomic E-state index is 0.0482. The molecule has 1 aliphatic carbocycles. The Morgan fingerprint density at radius 1 is 1.23 bits per heavy atom. The molecule has 0 atom stereocenters. The molecule has 1 amide bonds. The lowest BCUT2D eigenvalue weighted by molar-refractivity contribution is -0.137. The van der Waals surface area contributed by atoms with Gasteiger partial charge in [-0.3, -0.25) is 9.59 Å². The molecule has 8 nitrogen and oxygen atoms in total. The fourth-order valence-electron chi connectivity index (χ4n) is 2.39. The van der Waals surface area contributed by atoms with Crippen molar-refractivity contribution in [3.05, 3.63) is 23.8 Å². The number of amides is 1. The Morgan fingerprint density at radius 2 is 1.96 bits per heavy atom. The number of carbonyl (C=O) groups excluding carboxylic acids is 1. The van der Waals surface area contributed by atoms with Crippen molar-refractivity contribution in [1.82, 2.24) is 10.0 Å². The van der Waals surface area contributed by atoms with E-state index in [1.54, 1.807) is 0 Å². The molecule has 3 N–H and O–H groups in total. The van der Waals surface area contributed by atoms with Crippen LogP contribution in [-0.2, 0) is 14.8 Å². The van der Waals surface area contributed by atoms with Crippen molar-refractivity contribution in [2.45, 2.75) is 49.5 Å². The maximum atomic E-state index is 12.5. The molecule has 0 radical (unpaired) electrons. The maximum Gasteiger partial charge on any atom is 0.303 e. The zero-order chi connectivity index (χ0) is 19.2. The summed E-state index contributed by atoms with van der Waals surface area (Å²) in [7, 11) is -2.37. The Kier molecular flexibility index (Phi) is 6.98. The Balaban J connectivity index is 1.97. The van der Waals surface area contributed by atoms with Crippen molar-refractivity contribution in [3.8, 4) is 5.75 Å². The minimum atomic E-state index is -3.75. The number of aliphatic carboxylic acids is 1. The Hall–Kier alpha value is -2.13. The van der Waals surface area contributed by atoms with Crippen LogP contribution in [0.3, 0.4) is 0 Å². The van der Waals surface area contributed by atoms with E-state index in [2.05, 4.69) is 10.0 Å². The Bertz CT molecular complexity index is 759. The molecule has 144 valence electrons. The lowest BCUT2D eigenvalue weighted by Crippen LogP contribution is -2.28. The summed E-state index contributed by atoms with van der Waals surface area (Å²) in [5.41, 5.74) is 0.229. The number of hydrogen-bond donors (Lipinski definition) is 3. The molecule has 1 aliphatic rings. The van der Waals surface area contributed by atoms with Gasteiger partial charge in [0.2, 0.25) is 10.0 Å². The van der Waals surface area contributed by atoms with Gasteiger partial charge in [0.15, 0.2) is 0 Å². The van der Waals surface area contributed by atoms with Gasteiger partial charge in [0.05, 0.1) is 7.11 Å². The van der Waals surface area contributed by atoms with Gasteiger partial charge >= 0.3 is 5.97 Å². The SMILES string of the molecule is COc1ccc(C(=O)NCCCCCC(=O)O)cc1S(=O)(=O)NC1CC1. The molecule has 1 aromatic carbocycles. The number of carbonyl (C=O) groups is 2. The van der Waals surface area contributed by atoms with Gasteiger partial charge in [-0.25, -0.2) is 13.1 Å². The maximum absolute atomic E-state index is 12.5. The Labute approximate surface area is 153 Å². The second kappa shape index (κ2) is 9.00. The highest BCUT2D eigenvalue weighted by Gasteiger charge is 2.30. The van der Waals surface area contributed by atoms with E-state index in [9.17, 15) is 18.0 Å². The fraction of sp³-hybridized carbons (Fsp3) is 0.529. The molecule has 26 heavy (non-hydrogen) atoms. The number of carboxylic acid groups (broad SMARTS) is 1. The minimum Gasteiger partial charge on any atom is -0.495 e. The molecule has 0 aromatic heterocycles. The van der Waals surface area contributed by atoms with E-state index in [4.69, 9.17) is 9.84 Å². The predicted molar refractivity (Wildman–Crippen MR) is 94.8 cm³/mol. The number of rotatable bonds is 11. The number of nitrogens with one attached hydrogen (secondary N) is 2. The second-order valence-corrected chi connectivity index (χ2v) is 7.90. The van der Waals surface area contributed by atoms with Crippen molar-refractivity contribution >= 4 is 21.9 Å². The summed E-state index contributed by atoms with van der Waals surface area (Å²) in [5, 5.41) is 11.3. The van der Waals surface area contributed by atoms with Gasteiger partial charge in [0.25, 0.3) is 5.91 Å². The normalized spacial score (nSPS) is 14.0. The number of sulfonamides is 1. The predicted octanol–water partition coefficient (Wildman–Crippen LogP) is 1.51. The third-order valence-electron chi connectivity index (χ3n) is 3.97. The summed E-state index contributed by atoms with van der Waals surface area (Å²) in [5.74, 6) is -1.03. The number of hydrogen-bond acceptors (Lipinski definition) is 5. The average Bonchev–Trinajstić information content (AvgIpc) is 3.40. The van der Waals surface area contributed by atoms with Crippen molar-refractivity contribution in [3.63, 3.8) is 0 Å². The van der Waals surface area contributed by atoms with Gasteiger partial charge in [-0.1, -0.05) is 6.42 Å². The molecule has 0 bridgehead atoms. The standard InChI is InChI=1S/C17H24N2O6S/c1-25-14-9-6-12(11-15(14)26(23,24)19-13-7-8-13)17(22)18-10-4-2-3-5-16(20)21/h6,9,11,13,19H,2-5,7-8,10H2,1H3,(H,18,22)(H,20,21). The third kappa shape index (κ3) is 5.99. The molecule has 1 aromatic rings. The van der Waals surface area contributed by atoms with Crippen molar-refractivity contribution in [2.75, 3.05) is 13.7 Å².